The summed E-state index contributed by atoms with van der Waals surface area (Å²) in [5.41, 5.74) is 0.300. The Hall–Kier alpha value is -2.56. The maximum Gasteiger partial charge on any atom is 0.416 e. The third-order valence-corrected chi connectivity index (χ3v) is 3.50. The normalized spacial score (nSPS) is 11.8. The standard InChI is InChI=1S/C17H11F3O2/c1-10-15(21)13-4-2-3-5-14(13)22-16(10)11-6-8-12(9-7-11)17(18,19)20/h2-9H,1H3. The number of benzene rings is 2. The van der Waals surface area contributed by atoms with Crippen LogP contribution in [0.3, 0.4) is 0 Å². The second-order valence-electron chi connectivity index (χ2n) is 4.96. The number of para-hydroxylation sites is 1. The van der Waals surface area contributed by atoms with Crippen molar-refractivity contribution in [3.63, 3.8) is 0 Å². The second kappa shape index (κ2) is 5.02. The Bertz CT molecular complexity index is 890. The molecule has 0 aliphatic heterocycles. The van der Waals surface area contributed by atoms with Gasteiger partial charge in [0.1, 0.15) is 11.3 Å². The Balaban J connectivity index is 2.18. The summed E-state index contributed by atoms with van der Waals surface area (Å²) in [6, 6.07) is 11.3. The summed E-state index contributed by atoms with van der Waals surface area (Å²) in [6.45, 7) is 1.60. The van der Waals surface area contributed by atoms with Crippen LogP contribution >= 0.6 is 0 Å². The first-order chi connectivity index (χ1) is 10.4. The molecular weight excluding hydrogens is 293 g/mol. The van der Waals surface area contributed by atoms with Gasteiger partial charge in [0, 0.05) is 11.1 Å². The molecule has 3 rings (SSSR count). The van der Waals surface area contributed by atoms with Crippen LogP contribution < -0.4 is 5.43 Å². The lowest BCUT2D eigenvalue weighted by atomic mass is 10.0. The highest BCUT2D eigenvalue weighted by Gasteiger charge is 2.30. The van der Waals surface area contributed by atoms with E-state index in [0.717, 1.165) is 12.1 Å². The first kappa shape index (κ1) is 14.4. The van der Waals surface area contributed by atoms with Crippen LogP contribution in [-0.4, -0.2) is 0 Å². The molecule has 0 N–H and O–H groups in total. The minimum atomic E-state index is -4.39. The van der Waals surface area contributed by atoms with E-state index in [1.807, 2.05) is 0 Å². The van der Waals surface area contributed by atoms with Crippen molar-refractivity contribution in [2.75, 3.05) is 0 Å². The molecule has 0 atom stereocenters. The Morgan fingerprint density at radius 2 is 1.59 bits per heavy atom. The number of fused-ring (bicyclic) bond motifs is 1. The van der Waals surface area contributed by atoms with Gasteiger partial charge < -0.3 is 4.42 Å². The van der Waals surface area contributed by atoms with E-state index in [1.165, 1.54) is 12.1 Å². The summed E-state index contributed by atoms with van der Waals surface area (Å²) < 4.78 is 43.5. The maximum atomic E-state index is 12.6. The zero-order chi connectivity index (χ0) is 15.9. The molecule has 1 aromatic heterocycles. The molecule has 5 heteroatoms. The van der Waals surface area contributed by atoms with Crippen molar-refractivity contribution in [2.24, 2.45) is 0 Å². The number of halogens is 3. The predicted molar refractivity (Wildman–Crippen MR) is 77.7 cm³/mol. The Labute approximate surface area is 123 Å². The lowest BCUT2D eigenvalue weighted by Crippen LogP contribution is -2.07. The third-order valence-electron chi connectivity index (χ3n) is 3.50. The first-order valence-electron chi connectivity index (χ1n) is 6.58. The van der Waals surface area contributed by atoms with Gasteiger partial charge in [-0.3, -0.25) is 4.79 Å². The molecule has 22 heavy (non-hydrogen) atoms. The van der Waals surface area contributed by atoms with E-state index >= 15 is 0 Å². The number of hydrogen-bond acceptors (Lipinski definition) is 2. The van der Waals surface area contributed by atoms with Gasteiger partial charge in [-0.15, -0.1) is 0 Å². The lowest BCUT2D eigenvalue weighted by molar-refractivity contribution is -0.137. The summed E-state index contributed by atoms with van der Waals surface area (Å²) in [5, 5.41) is 0.454. The predicted octanol–water partition coefficient (Wildman–Crippen LogP) is 4.79. The maximum absolute atomic E-state index is 12.6. The zero-order valence-electron chi connectivity index (χ0n) is 11.6. The fourth-order valence-corrected chi connectivity index (χ4v) is 2.32. The summed E-state index contributed by atoms with van der Waals surface area (Å²) in [7, 11) is 0. The fraction of sp³-hybridized carbons (Fsp3) is 0.118. The SMILES string of the molecule is Cc1c(-c2ccc(C(F)(F)F)cc2)oc2ccccc2c1=O. The molecule has 3 aromatic rings. The van der Waals surface area contributed by atoms with E-state index in [-0.39, 0.29) is 11.2 Å². The van der Waals surface area contributed by atoms with Crippen molar-refractivity contribution in [3.8, 4) is 11.3 Å². The van der Waals surface area contributed by atoms with E-state index in [2.05, 4.69) is 0 Å². The quantitative estimate of drug-likeness (QED) is 0.647. The van der Waals surface area contributed by atoms with Crippen molar-refractivity contribution in [2.45, 2.75) is 13.1 Å². The van der Waals surface area contributed by atoms with Gasteiger partial charge in [0.15, 0.2) is 5.43 Å². The smallest absolute Gasteiger partial charge is 0.416 e. The second-order valence-corrected chi connectivity index (χ2v) is 4.96. The van der Waals surface area contributed by atoms with Crippen LogP contribution in [0.2, 0.25) is 0 Å². The van der Waals surface area contributed by atoms with E-state index in [0.29, 0.717) is 22.1 Å². The average Bonchev–Trinajstić information content (AvgIpc) is 2.50. The molecule has 0 saturated heterocycles. The van der Waals surface area contributed by atoms with Crippen LogP contribution in [0.4, 0.5) is 13.2 Å². The van der Waals surface area contributed by atoms with Crippen LogP contribution in [0.15, 0.2) is 57.7 Å². The monoisotopic (exact) mass is 304 g/mol. The van der Waals surface area contributed by atoms with E-state index in [4.69, 9.17) is 4.42 Å². The van der Waals surface area contributed by atoms with E-state index < -0.39 is 11.7 Å². The molecule has 1 heterocycles. The molecule has 0 radical (unpaired) electrons. The Kier molecular flexibility index (Phi) is 3.28. The van der Waals surface area contributed by atoms with Crippen molar-refractivity contribution in [1.29, 1.82) is 0 Å². The molecule has 0 unspecified atom stereocenters. The molecule has 0 fully saturated rings. The molecule has 0 amide bonds. The molecule has 0 bridgehead atoms. The first-order valence-corrected chi connectivity index (χ1v) is 6.58. The average molecular weight is 304 g/mol. The summed E-state index contributed by atoms with van der Waals surface area (Å²) in [5.74, 6) is 0.289. The molecule has 0 spiro atoms. The van der Waals surface area contributed by atoms with Gasteiger partial charge in [-0.1, -0.05) is 24.3 Å². The number of alkyl halides is 3. The topological polar surface area (TPSA) is 30.2 Å². The van der Waals surface area contributed by atoms with E-state index in [9.17, 15) is 18.0 Å². The van der Waals surface area contributed by atoms with Crippen LogP contribution in [0.1, 0.15) is 11.1 Å². The third kappa shape index (κ3) is 2.39. The van der Waals surface area contributed by atoms with Crippen LogP contribution in [0.5, 0.6) is 0 Å². The lowest BCUT2D eigenvalue weighted by Gasteiger charge is -2.09. The van der Waals surface area contributed by atoms with Crippen LogP contribution in [0.25, 0.3) is 22.3 Å². The minimum Gasteiger partial charge on any atom is -0.456 e. The summed E-state index contributed by atoms with van der Waals surface area (Å²) >= 11 is 0. The van der Waals surface area contributed by atoms with Crippen molar-refractivity contribution >= 4 is 11.0 Å². The largest absolute Gasteiger partial charge is 0.456 e. The highest BCUT2D eigenvalue weighted by atomic mass is 19.4. The van der Waals surface area contributed by atoms with Crippen LogP contribution in [-0.2, 0) is 6.18 Å². The molecule has 112 valence electrons. The van der Waals surface area contributed by atoms with Crippen molar-refractivity contribution in [3.05, 3.63) is 69.9 Å². The van der Waals surface area contributed by atoms with Gasteiger partial charge in [-0.25, -0.2) is 0 Å². The fourth-order valence-electron chi connectivity index (χ4n) is 2.32. The molecule has 2 aromatic carbocycles. The Morgan fingerprint density at radius 3 is 2.23 bits per heavy atom. The minimum absolute atomic E-state index is 0.184. The Morgan fingerprint density at radius 1 is 0.955 bits per heavy atom. The van der Waals surface area contributed by atoms with Crippen molar-refractivity contribution < 1.29 is 17.6 Å². The van der Waals surface area contributed by atoms with Gasteiger partial charge >= 0.3 is 6.18 Å². The van der Waals surface area contributed by atoms with E-state index in [1.54, 1.807) is 31.2 Å². The van der Waals surface area contributed by atoms with Gasteiger partial charge in [0.2, 0.25) is 0 Å². The highest BCUT2D eigenvalue weighted by molar-refractivity contribution is 5.80. The molecule has 0 aliphatic carbocycles. The molecule has 0 aliphatic rings. The number of hydrogen-bond donors (Lipinski definition) is 0. The van der Waals surface area contributed by atoms with Crippen molar-refractivity contribution in [1.82, 2.24) is 0 Å². The molecule has 2 nitrogen and oxygen atoms in total. The molecular formula is C17H11F3O2. The van der Waals surface area contributed by atoms with Gasteiger partial charge in [-0.2, -0.15) is 13.2 Å². The van der Waals surface area contributed by atoms with Gasteiger partial charge in [-0.05, 0) is 31.2 Å². The summed E-state index contributed by atoms with van der Waals surface area (Å²) in [6.07, 6.45) is -4.39. The van der Waals surface area contributed by atoms with Gasteiger partial charge in [0.05, 0.1) is 10.9 Å². The summed E-state index contributed by atoms with van der Waals surface area (Å²) in [4.78, 5) is 12.3. The van der Waals surface area contributed by atoms with Gasteiger partial charge in [0.25, 0.3) is 0 Å². The number of rotatable bonds is 1. The zero-order valence-corrected chi connectivity index (χ0v) is 11.6. The van der Waals surface area contributed by atoms with Crippen LogP contribution in [0, 0.1) is 6.92 Å². The molecule has 0 saturated carbocycles. The highest BCUT2D eigenvalue weighted by Crippen LogP contribution is 2.32.